The number of nitrogens with one attached hydrogen (secondary N) is 1. The van der Waals surface area contributed by atoms with Gasteiger partial charge in [-0.2, -0.15) is 0 Å². The Labute approximate surface area is 130 Å². The molecule has 0 bridgehead atoms. The van der Waals surface area contributed by atoms with Gasteiger partial charge in [0.2, 0.25) is 0 Å². The van der Waals surface area contributed by atoms with Gasteiger partial charge >= 0.3 is 0 Å². The molecule has 104 valence electrons. The minimum absolute atomic E-state index is 0.0872. The van der Waals surface area contributed by atoms with E-state index in [9.17, 15) is 0 Å². The lowest BCUT2D eigenvalue weighted by Crippen LogP contribution is -2.29. The van der Waals surface area contributed by atoms with Crippen molar-refractivity contribution in [2.75, 3.05) is 0 Å². The molecule has 7 heteroatoms. The van der Waals surface area contributed by atoms with Gasteiger partial charge in [-0.05, 0) is 23.8 Å². The molecule has 20 heavy (non-hydrogen) atoms. The van der Waals surface area contributed by atoms with Crippen LogP contribution in [0.25, 0.3) is 4.96 Å². The molecule has 2 heterocycles. The quantitative estimate of drug-likeness (QED) is 0.570. The summed E-state index contributed by atoms with van der Waals surface area (Å²) in [6.45, 7) is 0. The van der Waals surface area contributed by atoms with Crippen molar-refractivity contribution >= 4 is 39.5 Å². The van der Waals surface area contributed by atoms with Gasteiger partial charge in [-0.25, -0.2) is 4.98 Å². The van der Waals surface area contributed by atoms with E-state index < -0.39 is 0 Å². The second-order valence-corrected chi connectivity index (χ2v) is 6.20. The molecule has 0 spiro atoms. The molecule has 0 saturated heterocycles. The Hall–Kier alpha value is -1.11. The van der Waals surface area contributed by atoms with Gasteiger partial charge < -0.3 is 0 Å². The second-order valence-electron chi connectivity index (χ2n) is 4.45. The number of nitrogens with zero attached hydrogens (tertiary/aromatic N) is 2. The van der Waals surface area contributed by atoms with E-state index >= 15 is 0 Å². The van der Waals surface area contributed by atoms with E-state index in [0.29, 0.717) is 16.5 Å². The van der Waals surface area contributed by atoms with Crippen LogP contribution in [0.1, 0.15) is 17.3 Å². The predicted molar refractivity (Wildman–Crippen MR) is 83.3 cm³/mol. The van der Waals surface area contributed by atoms with Crippen LogP contribution in [0.2, 0.25) is 10.0 Å². The molecule has 3 rings (SSSR count). The van der Waals surface area contributed by atoms with Crippen LogP contribution >= 0.6 is 34.5 Å². The van der Waals surface area contributed by atoms with Crippen molar-refractivity contribution in [1.29, 1.82) is 0 Å². The molecule has 3 aromatic rings. The molecule has 3 N–H and O–H groups in total. The molecule has 0 radical (unpaired) electrons. The highest BCUT2D eigenvalue weighted by Crippen LogP contribution is 2.25. The summed E-state index contributed by atoms with van der Waals surface area (Å²) in [5, 5.41) is 3.19. The van der Waals surface area contributed by atoms with Crippen molar-refractivity contribution in [2.45, 2.75) is 12.5 Å². The van der Waals surface area contributed by atoms with Gasteiger partial charge in [-0.3, -0.25) is 15.7 Å². The first kappa shape index (κ1) is 13.9. The largest absolute Gasteiger partial charge is 0.297 e. The van der Waals surface area contributed by atoms with Crippen molar-refractivity contribution in [2.24, 2.45) is 5.84 Å². The highest BCUT2D eigenvalue weighted by molar-refractivity contribution is 7.15. The van der Waals surface area contributed by atoms with Gasteiger partial charge in [0, 0.05) is 34.2 Å². The Balaban J connectivity index is 1.87. The summed E-state index contributed by atoms with van der Waals surface area (Å²) in [6.07, 6.45) is 4.65. The molecule has 0 aliphatic carbocycles. The average molecular weight is 327 g/mol. The van der Waals surface area contributed by atoms with Crippen LogP contribution in [0, 0.1) is 0 Å². The van der Waals surface area contributed by atoms with Gasteiger partial charge in [0.1, 0.15) is 0 Å². The summed E-state index contributed by atoms with van der Waals surface area (Å²) in [5.41, 5.74) is 4.71. The van der Waals surface area contributed by atoms with Gasteiger partial charge in [-0.1, -0.05) is 23.2 Å². The minimum Gasteiger partial charge on any atom is -0.297 e. The fourth-order valence-electron chi connectivity index (χ4n) is 2.13. The highest BCUT2D eigenvalue weighted by Gasteiger charge is 2.14. The van der Waals surface area contributed by atoms with E-state index in [0.717, 1.165) is 16.2 Å². The first-order valence-corrected chi connectivity index (χ1v) is 7.62. The van der Waals surface area contributed by atoms with Crippen LogP contribution in [-0.4, -0.2) is 9.38 Å². The van der Waals surface area contributed by atoms with Gasteiger partial charge in [0.05, 0.1) is 11.7 Å². The molecule has 1 aromatic carbocycles. The lowest BCUT2D eigenvalue weighted by atomic mass is 10.0. The molecule has 1 atom stereocenters. The fourth-order valence-corrected chi connectivity index (χ4v) is 3.39. The summed E-state index contributed by atoms with van der Waals surface area (Å²) >= 11 is 13.7. The van der Waals surface area contributed by atoms with Crippen molar-refractivity contribution in [3.8, 4) is 0 Å². The zero-order valence-electron chi connectivity index (χ0n) is 10.4. The molecule has 0 aliphatic rings. The van der Waals surface area contributed by atoms with Crippen LogP contribution in [0.3, 0.4) is 0 Å². The Kier molecular flexibility index (Phi) is 3.96. The lowest BCUT2D eigenvalue weighted by Gasteiger charge is -2.15. The zero-order valence-corrected chi connectivity index (χ0v) is 12.7. The topological polar surface area (TPSA) is 55.3 Å². The van der Waals surface area contributed by atoms with E-state index in [1.54, 1.807) is 17.4 Å². The third-order valence-corrected chi connectivity index (χ3v) is 4.25. The molecule has 0 amide bonds. The molecular weight excluding hydrogens is 315 g/mol. The first-order valence-electron chi connectivity index (χ1n) is 5.99. The Morgan fingerprint density at radius 2 is 2.05 bits per heavy atom. The molecule has 0 aliphatic heterocycles. The average Bonchev–Trinajstić information content (AvgIpc) is 2.95. The maximum atomic E-state index is 6.03. The third-order valence-electron chi connectivity index (χ3n) is 3.04. The van der Waals surface area contributed by atoms with Crippen LogP contribution in [0.4, 0.5) is 0 Å². The summed E-state index contributed by atoms with van der Waals surface area (Å²) in [4.78, 5) is 5.52. The standard InChI is InChI=1S/C13H12Cl2N4S/c14-9-3-8(4-10(15)5-9)12(18-16)6-11-7-19-1-2-20-13(19)17-11/h1-5,7,12,18H,6,16H2. The zero-order chi connectivity index (χ0) is 14.1. The van der Waals surface area contributed by atoms with Crippen molar-refractivity contribution in [3.05, 3.63) is 57.3 Å². The molecule has 2 aromatic heterocycles. The SMILES string of the molecule is NNC(Cc1cn2ccsc2n1)c1cc(Cl)cc(Cl)c1. The Morgan fingerprint density at radius 3 is 2.70 bits per heavy atom. The molecule has 0 fully saturated rings. The number of thiazole rings is 1. The number of fused-ring (bicyclic) bond motifs is 1. The third kappa shape index (κ3) is 2.82. The van der Waals surface area contributed by atoms with Gasteiger partial charge in [-0.15, -0.1) is 11.3 Å². The second kappa shape index (κ2) is 5.71. The molecular formula is C13H12Cl2N4S. The van der Waals surface area contributed by atoms with Gasteiger partial charge in [0.25, 0.3) is 0 Å². The van der Waals surface area contributed by atoms with E-state index in [4.69, 9.17) is 29.0 Å². The number of hydrogen-bond acceptors (Lipinski definition) is 4. The maximum absolute atomic E-state index is 6.03. The Bertz CT molecular complexity index is 688. The number of aromatic nitrogens is 2. The monoisotopic (exact) mass is 326 g/mol. The normalized spacial score (nSPS) is 12.9. The number of rotatable bonds is 4. The van der Waals surface area contributed by atoms with Crippen molar-refractivity contribution < 1.29 is 0 Å². The summed E-state index contributed by atoms with van der Waals surface area (Å²) in [5.74, 6) is 5.65. The van der Waals surface area contributed by atoms with E-state index in [-0.39, 0.29) is 6.04 Å². The van der Waals surface area contributed by atoms with Crippen molar-refractivity contribution in [3.63, 3.8) is 0 Å². The van der Waals surface area contributed by atoms with Gasteiger partial charge in [0.15, 0.2) is 4.96 Å². The number of imidazole rings is 1. The minimum atomic E-state index is -0.0872. The summed E-state index contributed by atoms with van der Waals surface area (Å²) in [7, 11) is 0. The first-order chi connectivity index (χ1) is 9.65. The smallest absolute Gasteiger partial charge is 0.193 e. The number of hydrogen-bond donors (Lipinski definition) is 2. The summed E-state index contributed by atoms with van der Waals surface area (Å²) < 4.78 is 2.00. The molecule has 1 unspecified atom stereocenters. The maximum Gasteiger partial charge on any atom is 0.193 e. The van der Waals surface area contributed by atoms with Crippen LogP contribution in [-0.2, 0) is 6.42 Å². The predicted octanol–water partition coefficient (Wildman–Crippen LogP) is 3.45. The van der Waals surface area contributed by atoms with Crippen LogP contribution in [0.5, 0.6) is 0 Å². The number of benzene rings is 1. The Morgan fingerprint density at radius 1 is 1.30 bits per heavy atom. The fraction of sp³-hybridized carbons (Fsp3) is 0.154. The van der Waals surface area contributed by atoms with Crippen LogP contribution < -0.4 is 11.3 Å². The molecule has 4 nitrogen and oxygen atoms in total. The van der Waals surface area contributed by atoms with E-state index in [1.165, 1.54) is 0 Å². The van der Waals surface area contributed by atoms with Crippen molar-refractivity contribution in [1.82, 2.24) is 14.8 Å². The van der Waals surface area contributed by atoms with Crippen LogP contribution in [0.15, 0.2) is 36.0 Å². The summed E-state index contributed by atoms with van der Waals surface area (Å²) in [6, 6.07) is 5.33. The number of nitrogens with two attached hydrogens (primary N) is 1. The highest BCUT2D eigenvalue weighted by atomic mass is 35.5. The molecule has 0 saturated carbocycles. The van der Waals surface area contributed by atoms with E-state index in [2.05, 4.69) is 10.4 Å². The van der Waals surface area contributed by atoms with E-state index in [1.807, 2.05) is 34.3 Å². The number of hydrazine groups is 1. The number of halogens is 2. The lowest BCUT2D eigenvalue weighted by molar-refractivity contribution is 0.547.